The van der Waals surface area contributed by atoms with E-state index in [1.165, 1.54) is 0 Å². The van der Waals surface area contributed by atoms with Gasteiger partial charge in [0.15, 0.2) is 0 Å². The number of halogens is 6. The molecular weight excluding hydrogens is 875 g/mol. The van der Waals surface area contributed by atoms with Crippen molar-refractivity contribution in [1.82, 2.24) is 40.4 Å². The van der Waals surface area contributed by atoms with Crippen LogP contribution in [0.15, 0.2) is 60.9 Å². The van der Waals surface area contributed by atoms with Gasteiger partial charge in [0.2, 0.25) is 11.8 Å². The van der Waals surface area contributed by atoms with Gasteiger partial charge in [-0.3, -0.25) is 9.59 Å². The Kier molecular flexibility index (Phi) is 9.76. The molecular formula is C46H48F6N8O6. The first-order valence-corrected chi connectivity index (χ1v) is 22.2. The minimum atomic E-state index is -4.41. The molecule has 6 aliphatic carbocycles. The zero-order valence-corrected chi connectivity index (χ0v) is 35.9. The summed E-state index contributed by atoms with van der Waals surface area (Å²) in [4.78, 5) is 70.7. The first kappa shape index (κ1) is 43.8. The van der Waals surface area contributed by atoms with Crippen molar-refractivity contribution >= 4 is 24.0 Å². The van der Waals surface area contributed by atoms with E-state index in [1.54, 1.807) is 22.2 Å². The molecule has 14 nitrogen and oxygen atoms in total. The molecule has 4 amide bonds. The molecule has 4 heterocycles. The quantitative estimate of drug-likeness (QED) is 0.0802. The van der Waals surface area contributed by atoms with Crippen LogP contribution in [0.2, 0.25) is 0 Å². The molecule has 2 saturated heterocycles. The average Bonchev–Trinajstić information content (AvgIpc) is 4.00. The third kappa shape index (κ3) is 6.66. The Labute approximate surface area is 373 Å². The van der Waals surface area contributed by atoms with Gasteiger partial charge in [-0.1, -0.05) is 48.5 Å². The number of carbonyl (C=O) groups excluding carboxylic acids is 2. The maximum Gasteiger partial charge on any atom is 0.405 e. The van der Waals surface area contributed by atoms with Crippen molar-refractivity contribution in [3.63, 3.8) is 0 Å². The number of hydrogen-bond acceptors (Lipinski definition) is 6. The Balaban J connectivity index is 0.799. The minimum absolute atomic E-state index is 0.281. The fraction of sp³-hybridized carbons (Fsp3) is 0.522. The highest BCUT2D eigenvalue weighted by atomic mass is 19.4. The van der Waals surface area contributed by atoms with Crippen molar-refractivity contribution < 1.29 is 55.7 Å². The lowest BCUT2D eigenvalue weighted by Gasteiger charge is -2.72. The monoisotopic (exact) mass is 922 g/mol. The van der Waals surface area contributed by atoms with Crippen LogP contribution in [-0.2, 0) is 9.59 Å². The number of aromatic amines is 2. The number of hydrogen-bond donors (Lipinski definition) is 6. The largest absolute Gasteiger partial charge is 0.465 e. The van der Waals surface area contributed by atoms with Gasteiger partial charge in [0.1, 0.15) is 23.7 Å². The van der Waals surface area contributed by atoms with Crippen molar-refractivity contribution in [2.75, 3.05) is 0 Å². The second kappa shape index (κ2) is 14.7. The Morgan fingerprint density at radius 2 is 0.909 bits per heavy atom. The molecule has 8 aliphatic rings. The van der Waals surface area contributed by atoms with E-state index < -0.39 is 82.2 Å². The summed E-state index contributed by atoms with van der Waals surface area (Å²) in [5, 5.41) is 23.7. The summed E-state index contributed by atoms with van der Waals surface area (Å²) in [5.41, 5.74) is -1.01. The second-order valence-corrected chi connectivity index (χ2v) is 20.0. The van der Waals surface area contributed by atoms with E-state index in [4.69, 9.17) is 0 Å². The molecule has 6 atom stereocenters. The third-order valence-electron chi connectivity index (χ3n) is 16.0. The predicted molar refractivity (Wildman–Crippen MR) is 223 cm³/mol. The molecule has 4 aromatic rings. The lowest BCUT2D eigenvalue weighted by Crippen LogP contribution is -2.76. The molecule has 4 bridgehead atoms. The van der Waals surface area contributed by atoms with E-state index in [0.717, 1.165) is 22.3 Å². The molecule has 6 N–H and O–H groups in total. The van der Waals surface area contributed by atoms with Crippen molar-refractivity contribution in [3.05, 3.63) is 72.6 Å². The molecule has 66 heavy (non-hydrogen) atoms. The maximum atomic E-state index is 14.1. The van der Waals surface area contributed by atoms with Gasteiger partial charge in [0.05, 0.1) is 46.7 Å². The van der Waals surface area contributed by atoms with Gasteiger partial charge < -0.3 is 40.6 Å². The minimum Gasteiger partial charge on any atom is -0.465 e. The number of carboxylic acid groups (broad SMARTS) is 2. The van der Waals surface area contributed by atoms with Crippen LogP contribution in [0.25, 0.3) is 33.6 Å². The SMILES string of the molecule is C[C@H]1CC[C@@H](c2ncc(-c3ccc(-c4ccc(-c5cnc([C@@H]6CC[C@H](C)N6C(=O)[C@@H](NC(=O)O)C67CC(C(F)(F)F)(C6)C7)[nH]5)cc4)cc3)[nH]2)N1C(=O)[C@@H](NC(=O)O)C12CC(C(F)(F)F)(C1)C2. The highest BCUT2D eigenvalue weighted by Gasteiger charge is 2.82. The van der Waals surface area contributed by atoms with Gasteiger partial charge in [-0.25, -0.2) is 19.6 Å². The van der Waals surface area contributed by atoms with Crippen LogP contribution in [-0.4, -0.2) is 100 Å². The topological polar surface area (TPSA) is 197 Å². The first-order valence-electron chi connectivity index (χ1n) is 22.2. The Hall–Kier alpha value is -6.08. The van der Waals surface area contributed by atoms with Crippen LogP contribution in [0, 0.1) is 21.7 Å². The Morgan fingerprint density at radius 1 is 0.591 bits per heavy atom. The van der Waals surface area contributed by atoms with E-state index in [2.05, 4.69) is 30.6 Å². The number of nitrogens with one attached hydrogen (secondary N) is 4. The number of aromatic nitrogens is 4. The number of carbonyl (C=O) groups is 4. The molecule has 20 heteroatoms. The van der Waals surface area contributed by atoms with Gasteiger partial charge in [-0.05, 0) is 100 Å². The normalized spacial score (nSPS) is 31.8. The second-order valence-electron chi connectivity index (χ2n) is 20.0. The molecule has 12 rings (SSSR count). The number of alkyl halides is 6. The lowest BCUT2D eigenvalue weighted by atomic mass is 9.32. The van der Waals surface area contributed by atoms with E-state index in [1.807, 2.05) is 62.4 Å². The predicted octanol–water partition coefficient (Wildman–Crippen LogP) is 8.98. The zero-order chi connectivity index (χ0) is 46.9. The summed E-state index contributed by atoms with van der Waals surface area (Å²) in [6, 6.07) is 11.2. The summed E-state index contributed by atoms with van der Waals surface area (Å²) in [6.45, 7) is 3.68. The number of amides is 4. The van der Waals surface area contributed by atoms with Crippen molar-refractivity contribution in [2.45, 2.75) is 127 Å². The lowest BCUT2D eigenvalue weighted by molar-refractivity contribution is -0.367. The Bertz CT molecular complexity index is 2390. The van der Waals surface area contributed by atoms with Gasteiger partial charge >= 0.3 is 24.5 Å². The number of nitrogens with zero attached hydrogens (tertiary/aromatic N) is 4. The van der Waals surface area contributed by atoms with Gasteiger partial charge in [-0.15, -0.1) is 0 Å². The van der Waals surface area contributed by atoms with Crippen LogP contribution in [0.3, 0.4) is 0 Å². The van der Waals surface area contributed by atoms with E-state index in [9.17, 15) is 55.7 Å². The standard InChI is InChI=1S/C46H48F6N8O6/c1-23-3-13-31(59(23)37(61)33(57-39(63)64)41-17-43(18-41,19-41)45(47,48)49)35-53-15-29(55-35)27-9-5-25(6-10-27)26-7-11-28(12-8-26)30-16-54-36(56-30)32-14-4-24(2)60(32)38(62)34(58-40(65)66)42-20-44(21-42,22-42)46(50,51)52/h5-12,15-16,23-24,31-34,57-58H,3-4,13-14,17-22H2,1-2H3,(H,53,55)(H,54,56)(H,63,64)(H,65,66)/t23-,24-,31-,32-,33+,34+,41?,42?,43?,44?/m0/s1. The molecule has 2 aliphatic heterocycles. The fourth-order valence-electron chi connectivity index (χ4n) is 12.7. The van der Waals surface area contributed by atoms with Gasteiger partial charge in [0, 0.05) is 22.9 Å². The van der Waals surface area contributed by atoms with Gasteiger partial charge in [-0.2, -0.15) is 26.3 Å². The zero-order valence-electron chi connectivity index (χ0n) is 35.9. The van der Waals surface area contributed by atoms with Crippen LogP contribution < -0.4 is 10.6 Å². The first-order chi connectivity index (χ1) is 31.1. The molecule has 0 radical (unpaired) electrons. The van der Waals surface area contributed by atoms with Crippen LogP contribution in [0.4, 0.5) is 35.9 Å². The summed E-state index contributed by atoms with van der Waals surface area (Å²) in [6.07, 6.45) is -7.83. The average molecular weight is 923 g/mol. The number of H-pyrrole nitrogens is 2. The van der Waals surface area contributed by atoms with E-state index in [0.29, 0.717) is 48.7 Å². The summed E-state index contributed by atoms with van der Waals surface area (Å²) < 4.78 is 82.1. The molecule has 2 aromatic heterocycles. The van der Waals surface area contributed by atoms with E-state index >= 15 is 0 Å². The fourth-order valence-corrected chi connectivity index (χ4v) is 12.7. The van der Waals surface area contributed by atoms with Gasteiger partial charge in [0.25, 0.3) is 0 Å². The van der Waals surface area contributed by atoms with Crippen LogP contribution in [0.5, 0.6) is 0 Å². The number of benzene rings is 2. The molecule has 0 spiro atoms. The summed E-state index contributed by atoms with van der Waals surface area (Å²) in [5.74, 6) is -0.0870. The van der Waals surface area contributed by atoms with Crippen molar-refractivity contribution in [2.24, 2.45) is 21.7 Å². The molecule has 8 fully saturated rings. The van der Waals surface area contributed by atoms with Crippen molar-refractivity contribution in [3.8, 4) is 33.6 Å². The molecule has 2 aromatic carbocycles. The number of imidazole rings is 2. The highest BCUT2D eigenvalue weighted by Crippen LogP contribution is 2.80. The maximum absolute atomic E-state index is 14.1. The smallest absolute Gasteiger partial charge is 0.405 e. The van der Waals surface area contributed by atoms with Crippen molar-refractivity contribution in [1.29, 1.82) is 0 Å². The summed E-state index contributed by atoms with van der Waals surface area (Å²) >= 11 is 0. The third-order valence-corrected chi connectivity index (χ3v) is 16.0. The highest BCUT2D eigenvalue weighted by molar-refractivity contribution is 5.89. The number of likely N-dealkylation sites (tertiary alicyclic amines) is 2. The molecule has 6 saturated carbocycles. The molecule has 350 valence electrons. The van der Waals surface area contributed by atoms with E-state index in [-0.39, 0.29) is 50.6 Å². The summed E-state index contributed by atoms with van der Waals surface area (Å²) in [7, 11) is 0. The Morgan fingerprint density at radius 3 is 1.21 bits per heavy atom. The number of rotatable bonds is 11. The molecule has 0 unspecified atom stereocenters. The van der Waals surface area contributed by atoms with Crippen LogP contribution >= 0.6 is 0 Å². The van der Waals surface area contributed by atoms with Crippen LogP contribution in [0.1, 0.15) is 102 Å².